The summed E-state index contributed by atoms with van der Waals surface area (Å²) < 4.78 is 0. The molecule has 4 aromatic carbocycles. The van der Waals surface area contributed by atoms with Crippen molar-refractivity contribution >= 4 is 37.1 Å². The van der Waals surface area contributed by atoms with E-state index in [9.17, 15) is 0 Å². The highest BCUT2D eigenvalue weighted by atomic mass is 31.1. The zero-order valence-electron chi connectivity index (χ0n) is 20.8. The standard InChI is InChI=1S/C32H36P2/c1-25(2)32(34(30-21-13-7-14-22-30)31-23-15-8-16-24-31)26(3)27(4)33(28-17-9-5-10-18-28)29-19-11-6-12-20-29/h5-27,32H,1-4H3. The fourth-order valence-electron chi connectivity index (χ4n) is 5.13. The average Bonchev–Trinajstić information content (AvgIpc) is 2.89. The molecule has 0 saturated heterocycles. The first-order valence-corrected chi connectivity index (χ1v) is 15.2. The summed E-state index contributed by atoms with van der Waals surface area (Å²) in [7, 11) is -0.939. The maximum atomic E-state index is 2.53. The third kappa shape index (κ3) is 5.68. The number of rotatable bonds is 9. The normalized spacial score (nSPS) is 14.3. The Labute approximate surface area is 209 Å². The molecule has 34 heavy (non-hydrogen) atoms. The molecule has 3 unspecified atom stereocenters. The van der Waals surface area contributed by atoms with Crippen molar-refractivity contribution in [1.29, 1.82) is 0 Å². The molecular weight excluding hydrogens is 446 g/mol. The minimum Gasteiger partial charge on any atom is -0.0622 e. The number of hydrogen-bond acceptors (Lipinski definition) is 0. The lowest BCUT2D eigenvalue weighted by molar-refractivity contribution is 0.447. The van der Waals surface area contributed by atoms with Gasteiger partial charge in [-0.3, -0.25) is 0 Å². The summed E-state index contributed by atoms with van der Waals surface area (Å²) in [6, 6.07) is 44.9. The van der Waals surface area contributed by atoms with E-state index in [0.29, 0.717) is 23.2 Å². The summed E-state index contributed by atoms with van der Waals surface area (Å²) in [6.07, 6.45) is 0. The minimum atomic E-state index is -0.478. The van der Waals surface area contributed by atoms with Crippen LogP contribution in [-0.4, -0.2) is 11.3 Å². The molecule has 0 aromatic heterocycles. The van der Waals surface area contributed by atoms with Crippen LogP contribution in [0.4, 0.5) is 0 Å². The van der Waals surface area contributed by atoms with Gasteiger partial charge in [-0.2, -0.15) is 0 Å². The predicted molar refractivity (Wildman–Crippen MR) is 155 cm³/mol. The van der Waals surface area contributed by atoms with Crippen molar-refractivity contribution in [1.82, 2.24) is 0 Å². The van der Waals surface area contributed by atoms with Crippen molar-refractivity contribution in [3.63, 3.8) is 0 Å². The molecule has 174 valence electrons. The quantitative estimate of drug-likeness (QED) is 0.220. The Morgan fingerprint density at radius 2 is 0.706 bits per heavy atom. The van der Waals surface area contributed by atoms with E-state index < -0.39 is 15.8 Å². The van der Waals surface area contributed by atoms with E-state index in [1.54, 1.807) is 0 Å². The van der Waals surface area contributed by atoms with E-state index in [1.807, 2.05) is 0 Å². The summed E-state index contributed by atoms with van der Waals surface area (Å²) in [5.74, 6) is 1.16. The molecule has 0 amide bonds. The van der Waals surface area contributed by atoms with Crippen molar-refractivity contribution in [2.45, 2.75) is 39.0 Å². The van der Waals surface area contributed by atoms with Gasteiger partial charge in [-0.25, -0.2) is 0 Å². The Hall–Kier alpha value is -2.26. The van der Waals surface area contributed by atoms with Crippen molar-refractivity contribution < 1.29 is 0 Å². The molecule has 4 rings (SSSR count). The van der Waals surface area contributed by atoms with Gasteiger partial charge in [-0.15, -0.1) is 0 Å². The molecule has 0 aliphatic rings. The zero-order valence-corrected chi connectivity index (χ0v) is 22.5. The first-order chi connectivity index (χ1) is 16.6. The fraction of sp³-hybridized carbons (Fsp3) is 0.250. The first-order valence-electron chi connectivity index (χ1n) is 12.4. The van der Waals surface area contributed by atoms with Crippen LogP contribution in [0.1, 0.15) is 27.7 Å². The second-order valence-corrected chi connectivity index (χ2v) is 14.4. The van der Waals surface area contributed by atoms with Gasteiger partial charge >= 0.3 is 0 Å². The molecule has 0 nitrogen and oxygen atoms in total. The molecule has 0 aliphatic carbocycles. The maximum Gasteiger partial charge on any atom is -0.00739 e. The molecule has 0 fully saturated rings. The van der Waals surface area contributed by atoms with Crippen molar-refractivity contribution in [3.05, 3.63) is 121 Å². The number of hydrogen-bond donors (Lipinski definition) is 0. The molecular formula is C32H36P2. The second kappa shape index (κ2) is 11.9. The van der Waals surface area contributed by atoms with Crippen LogP contribution in [0.5, 0.6) is 0 Å². The van der Waals surface area contributed by atoms with Crippen molar-refractivity contribution in [2.24, 2.45) is 11.8 Å². The molecule has 0 spiro atoms. The van der Waals surface area contributed by atoms with Gasteiger partial charge in [0.25, 0.3) is 0 Å². The lowest BCUT2D eigenvalue weighted by atomic mass is 9.95. The van der Waals surface area contributed by atoms with Crippen molar-refractivity contribution in [3.8, 4) is 0 Å². The zero-order chi connectivity index (χ0) is 23.9. The SMILES string of the molecule is CC(C)C(C(C)C(C)P(c1ccccc1)c1ccccc1)P(c1ccccc1)c1ccccc1. The smallest absolute Gasteiger partial charge is 0.00739 e. The van der Waals surface area contributed by atoms with Crippen LogP contribution in [0, 0.1) is 11.8 Å². The third-order valence-corrected chi connectivity index (χ3v) is 13.2. The van der Waals surface area contributed by atoms with E-state index in [0.717, 1.165) is 0 Å². The van der Waals surface area contributed by atoms with E-state index >= 15 is 0 Å². The average molecular weight is 483 g/mol. The molecule has 0 saturated carbocycles. The monoisotopic (exact) mass is 482 g/mol. The van der Waals surface area contributed by atoms with Crippen LogP contribution in [0.15, 0.2) is 121 Å². The Morgan fingerprint density at radius 1 is 0.412 bits per heavy atom. The molecule has 2 heteroatoms. The summed E-state index contributed by atoms with van der Waals surface area (Å²) >= 11 is 0. The number of benzene rings is 4. The molecule has 0 radical (unpaired) electrons. The molecule has 0 heterocycles. The summed E-state index contributed by atoms with van der Waals surface area (Å²) in [5, 5.41) is 5.94. The highest BCUT2D eigenvalue weighted by Crippen LogP contribution is 2.52. The van der Waals surface area contributed by atoms with E-state index in [4.69, 9.17) is 0 Å². The largest absolute Gasteiger partial charge is 0.0622 e. The third-order valence-electron chi connectivity index (χ3n) is 6.83. The fourth-order valence-corrected chi connectivity index (χ4v) is 11.4. The predicted octanol–water partition coefficient (Wildman–Crippen LogP) is 7.30. The van der Waals surface area contributed by atoms with Gasteiger partial charge < -0.3 is 0 Å². The Bertz CT molecular complexity index is 1030. The molecule has 3 atom stereocenters. The van der Waals surface area contributed by atoms with Crippen LogP contribution in [0.2, 0.25) is 0 Å². The Kier molecular flexibility index (Phi) is 8.72. The van der Waals surface area contributed by atoms with E-state index in [2.05, 4.69) is 149 Å². The summed E-state index contributed by atoms with van der Waals surface area (Å²) in [4.78, 5) is 0. The highest BCUT2D eigenvalue weighted by molar-refractivity contribution is 7.74. The molecule has 0 bridgehead atoms. The minimum absolute atomic E-state index is 0.461. The second-order valence-electron chi connectivity index (χ2n) is 9.42. The first kappa shape index (κ1) is 24.9. The van der Waals surface area contributed by atoms with Crippen LogP contribution in [-0.2, 0) is 0 Å². The van der Waals surface area contributed by atoms with Gasteiger partial charge in [0.05, 0.1) is 0 Å². The van der Waals surface area contributed by atoms with Crippen LogP contribution in [0.3, 0.4) is 0 Å². The van der Waals surface area contributed by atoms with Gasteiger partial charge in [0.1, 0.15) is 0 Å². The van der Waals surface area contributed by atoms with E-state index in [-0.39, 0.29) is 0 Å². The molecule has 0 N–H and O–H groups in total. The summed E-state index contributed by atoms with van der Waals surface area (Å²) in [5.41, 5.74) is 1.15. The van der Waals surface area contributed by atoms with Gasteiger partial charge in [-0.05, 0) is 60.2 Å². The topological polar surface area (TPSA) is 0 Å². The van der Waals surface area contributed by atoms with Gasteiger partial charge in [-0.1, -0.05) is 149 Å². The maximum absolute atomic E-state index is 2.53. The molecule has 4 aromatic rings. The van der Waals surface area contributed by atoms with Crippen LogP contribution in [0.25, 0.3) is 0 Å². The Morgan fingerprint density at radius 3 is 1.00 bits per heavy atom. The summed E-state index contributed by atoms with van der Waals surface area (Å²) in [6.45, 7) is 9.90. The lowest BCUT2D eigenvalue weighted by Crippen LogP contribution is -2.37. The highest BCUT2D eigenvalue weighted by Gasteiger charge is 2.37. The van der Waals surface area contributed by atoms with Gasteiger partial charge in [0, 0.05) is 0 Å². The Balaban J connectivity index is 1.78. The van der Waals surface area contributed by atoms with Gasteiger partial charge in [0.15, 0.2) is 0 Å². The van der Waals surface area contributed by atoms with Crippen LogP contribution >= 0.6 is 15.8 Å². The van der Waals surface area contributed by atoms with Crippen LogP contribution < -0.4 is 21.2 Å². The molecule has 0 aliphatic heterocycles. The van der Waals surface area contributed by atoms with Gasteiger partial charge in [0.2, 0.25) is 0 Å². The van der Waals surface area contributed by atoms with Crippen molar-refractivity contribution in [2.75, 3.05) is 0 Å². The van der Waals surface area contributed by atoms with E-state index in [1.165, 1.54) is 21.2 Å². The lowest BCUT2D eigenvalue weighted by Gasteiger charge is -2.41.